The van der Waals surface area contributed by atoms with E-state index in [9.17, 15) is 14.7 Å². The maximum absolute atomic E-state index is 12.3. The zero-order valence-electron chi connectivity index (χ0n) is 14.5. The van der Waals surface area contributed by atoms with Crippen LogP contribution in [0.2, 0.25) is 0 Å². The van der Waals surface area contributed by atoms with Crippen LogP contribution >= 0.6 is 11.8 Å². The predicted octanol–water partition coefficient (Wildman–Crippen LogP) is 1.87. The van der Waals surface area contributed by atoms with Crippen LogP contribution in [0.4, 0.5) is 0 Å². The third-order valence-electron chi connectivity index (χ3n) is 3.91. The molecule has 2 aromatic heterocycles. The molecule has 0 spiro atoms. The summed E-state index contributed by atoms with van der Waals surface area (Å²) in [6.45, 7) is 4.57. The van der Waals surface area contributed by atoms with Crippen molar-refractivity contribution in [2.24, 2.45) is 7.05 Å². The zero-order valence-corrected chi connectivity index (χ0v) is 15.4. The molecule has 2 heterocycles. The second-order valence-electron chi connectivity index (χ2n) is 6.11. The monoisotopic (exact) mass is 354 g/mol. The second-order valence-corrected chi connectivity index (χ2v) is 7.10. The fraction of sp³-hybridized carbons (Fsp3) is 0.688. The molecule has 0 aliphatic heterocycles. The Kier molecular flexibility index (Phi) is 6.68. The van der Waals surface area contributed by atoms with Gasteiger partial charge in [0.05, 0.1) is 6.10 Å². The first-order valence-electron chi connectivity index (χ1n) is 8.46. The lowest BCUT2D eigenvalue weighted by Crippen LogP contribution is -2.29. The number of fused-ring (bicyclic) bond motifs is 1. The number of rotatable bonds is 9. The molecule has 0 saturated carbocycles. The van der Waals surface area contributed by atoms with E-state index < -0.39 is 17.4 Å². The average molecular weight is 354 g/mol. The fourth-order valence-corrected chi connectivity index (χ4v) is 3.48. The average Bonchev–Trinajstić information content (AvgIpc) is 2.90. The standard InChI is InChI=1S/C16H26N4O3S/c1-4-5-6-7-8-9-20-12-13(17-16(20)24-10-11(2)21)19(3)15(23)18-14(12)22/h11,21H,4-10H2,1-3H3,(H,18,22,23). The summed E-state index contributed by atoms with van der Waals surface area (Å²) in [5.41, 5.74) is -0.0451. The van der Waals surface area contributed by atoms with Crippen molar-refractivity contribution in [3.63, 3.8) is 0 Å². The number of thioether (sulfide) groups is 1. The Labute approximate surface area is 145 Å². The number of unbranched alkanes of at least 4 members (excludes halogenated alkanes) is 4. The normalized spacial score (nSPS) is 12.8. The number of H-pyrrole nitrogens is 1. The van der Waals surface area contributed by atoms with Gasteiger partial charge in [-0.25, -0.2) is 9.78 Å². The third kappa shape index (κ3) is 4.30. The van der Waals surface area contributed by atoms with Gasteiger partial charge in [-0.15, -0.1) is 0 Å². The quantitative estimate of drug-likeness (QED) is 0.530. The summed E-state index contributed by atoms with van der Waals surface area (Å²) in [5, 5.41) is 10.2. The largest absolute Gasteiger partial charge is 0.393 e. The van der Waals surface area contributed by atoms with Gasteiger partial charge in [0.2, 0.25) is 0 Å². The van der Waals surface area contributed by atoms with Crippen molar-refractivity contribution in [1.82, 2.24) is 19.1 Å². The minimum atomic E-state index is -0.466. The molecule has 0 amide bonds. The van der Waals surface area contributed by atoms with Crippen molar-refractivity contribution >= 4 is 22.9 Å². The molecule has 8 heteroatoms. The van der Waals surface area contributed by atoms with Gasteiger partial charge in [0.25, 0.3) is 5.56 Å². The van der Waals surface area contributed by atoms with E-state index in [1.54, 1.807) is 14.0 Å². The lowest BCUT2D eigenvalue weighted by atomic mass is 10.1. The van der Waals surface area contributed by atoms with Gasteiger partial charge in [0.1, 0.15) is 0 Å². The number of imidazole rings is 1. The first kappa shape index (κ1) is 18.8. The molecule has 2 aromatic rings. The van der Waals surface area contributed by atoms with E-state index in [1.165, 1.54) is 35.6 Å². The topological polar surface area (TPSA) is 92.9 Å². The van der Waals surface area contributed by atoms with Crippen molar-refractivity contribution < 1.29 is 5.11 Å². The van der Waals surface area contributed by atoms with E-state index in [0.717, 1.165) is 12.8 Å². The summed E-state index contributed by atoms with van der Waals surface area (Å²) in [6, 6.07) is 0. The highest BCUT2D eigenvalue weighted by Gasteiger charge is 2.17. The highest BCUT2D eigenvalue weighted by molar-refractivity contribution is 7.99. The second kappa shape index (κ2) is 8.53. The van der Waals surface area contributed by atoms with Crippen molar-refractivity contribution in [2.75, 3.05) is 5.75 Å². The molecule has 1 atom stereocenters. The highest BCUT2D eigenvalue weighted by atomic mass is 32.2. The van der Waals surface area contributed by atoms with Crippen molar-refractivity contribution in [3.8, 4) is 0 Å². The number of hydrogen-bond acceptors (Lipinski definition) is 5. The zero-order chi connectivity index (χ0) is 17.7. The van der Waals surface area contributed by atoms with Gasteiger partial charge in [-0.2, -0.15) is 0 Å². The van der Waals surface area contributed by atoms with E-state index in [-0.39, 0.29) is 0 Å². The van der Waals surface area contributed by atoms with Gasteiger partial charge in [-0.3, -0.25) is 14.3 Å². The number of nitrogens with zero attached hydrogens (tertiary/aromatic N) is 3. The number of aryl methyl sites for hydroxylation is 2. The minimum Gasteiger partial charge on any atom is -0.393 e. The van der Waals surface area contributed by atoms with Crippen molar-refractivity contribution in [2.45, 2.75) is 63.8 Å². The predicted molar refractivity (Wildman–Crippen MR) is 96.8 cm³/mol. The minimum absolute atomic E-state index is 0.394. The molecule has 0 aliphatic rings. The fourth-order valence-electron chi connectivity index (χ4n) is 2.60. The lowest BCUT2D eigenvalue weighted by Gasteiger charge is -2.09. The molecule has 0 fully saturated rings. The molecule has 24 heavy (non-hydrogen) atoms. The van der Waals surface area contributed by atoms with Crippen LogP contribution in [-0.4, -0.2) is 36.1 Å². The van der Waals surface area contributed by atoms with E-state index in [2.05, 4.69) is 16.9 Å². The molecule has 2 rings (SSSR count). The van der Waals surface area contributed by atoms with Gasteiger partial charge >= 0.3 is 5.69 Å². The number of aromatic amines is 1. The Morgan fingerprint density at radius 1 is 1.25 bits per heavy atom. The first-order valence-corrected chi connectivity index (χ1v) is 9.44. The van der Waals surface area contributed by atoms with Gasteiger partial charge in [-0.1, -0.05) is 44.4 Å². The molecule has 1 unspecified atom stereocenters. The number of nitrogens with one attached hydrogen (secondary N) is 1. The van der Waals surface area contributed by atoms with Crippen LogP contribution in [0.15, 0.2) is 14.7 Å². The van der Waals surface area contributed by atoms with E-state index in [4.69, 9.17) is 0 Å². The maximum atomic E-state index is 12.3. The van der Waals surface area contributed by atoms with Crippen LogP contribution in [0.1, 0.15) is 46.0 Å². The van der Waals surface area contributed by atoms with E-state index in [0.29, 0.717) is 28.6 Å². The van der Waals surface area contributed by atoms with Gasteiger partial charge in [0, 0.05) is 19.3 Å². The Morgan fingerprint density at radius 2 is 1.96 bits per heavy atom. The summed E-state index contributed by atoms with van der Waals surface area (Å²) in [4.78, 5) is 30.9. The molecular formula is C16H26N4O3S. The van der Waals surface area contributed by atoms with E-state index >= 15 is 0 Å². The molecule has 0 radical (unpaired) electrons. The van der Waals surface area contributed by atoms with Crippen molar-refractivity contribution in [1.29, 1.82) is 0 Å². The maximum Gasteiger partial charge on any atom is 0.329 e. The molecule has 0 aliphatic carbocycles. The molecule has 134 valence electrons. The lowest BCUT2D eigenvalue weighted by molar-refractivity contribution is 0.220. The number of hydrogen-bond donors (Lipinski definition) is 2. The molecule has 2 N–H and O–H groups in total. The molecule has 7 nitrogen and oxygen atoms in total. The van der Waals surface area contributed by atoms with Crippen LogP contribution in [0.5, 0.6) is 0 Å². The Bertz CT molecular complexity index is 791. The number of aliphatic hydroxyl groups is 1. The summed E-state index contributed by atoms with van der Waals surface area (Å²) in [7, 11) is 1.60. The van der Waals surface area contributed by atoms with Crippen LogP contribution in [-0.2, 0) is 13.6 Å². The van der Waals surface area contributed by atoms with Gasteiger partial charge in [-0.05, 0) is 13.3 Å². The van der Waals surface area contributed by atoms with E-state index in [1.807, 2.05) is 4.57 Å². The SMILES string of the molecule is CCCCCCCn1c(SCC(C)O)nc2c1c(=O)[nH]c(=O)n2C. The Balaban J connectivity index is 2.36. The van der Waals surface area contributed by atoms with Crippen LogP contribution in [0.3, 0.4) is 0 Å². The highest BCUT2D eigenvalue weighted by Crippen LogP contribution is 2.23. The van der Waals surface area contributed by atoms with Gasteiger partial charge < -0.3 is 9.67 Å². The van der Waals surface area contributed by atoms with Crippen LogP contribution in [0.25, 0.3) is 11.2 Å². The summed E-state index contributed by atoms with van der Waals surface area (Å²) in [6.07, 6.45) is 5.16. The van der Waals surface area contributed by atoms with Crippen LogP contribution < -0.4 is 11.2 Å². The molecular weight excluding hydrogens is 328 g/mol. The number of aliphatic hydroxyl groups excluding tert-OH is 1. The molecule has 0 aromatic carbocycles. The number of aromatic nitrogens is 4. The van der Waals surface area contributed by atoms with Gasteiger partial charge in [0.15, 0.2) is 16.3 Å². The Morgan fingerprint density at radius 3 is 2.62 bits per heavy atom. The first-order chi connectivity index (χ1) is 11.5. The smallest absolute Gasteiger partial charge is 0.329 e. The molecule has 0 bridgehead atoms. The summed E-state index contributed by atoms with van der Waals surface area (Å²) in [5.74, 6) is 0.491. The van der Waals surface area contributed by atoms with Crippen molar-refractivity contribution in [3.05, 3.63) is 20.8 Å². The van der Waals surface area contributed by atoms with Crippen LogP contribution in [0, 0.1) is 0 Å². The Hall–Kier alpha value is -1.54. The third-order valence-corrected chi connectivity index (χ3v) is 5.13. The summed E-state index contributed by atoms with van der Waals surface area (Å²) >= 11 is 1.41. The summed E-state index contributed by atoms with van der Waals surface area (Å²) < 4.78 is 3.24. The molecule has 0 saturated heterocycles.